The van der Waals surface area contributed by atoms with Gasteiger partial charge < -0.3 is 5.32 Å². The van der Waals surface area contributed by atoms with E-state index in [1.165, 1.54) is 33.4 Å². The number of nitrogens with one attached hydrogen (secondary N) is 1. The second-order valence-electron chi connectivity index (χ2n) is 5.84. The Labute approximate surface area is 123 Å². The standard InChI is InChI=1S/C19H25N/c1-13-7-6-8-17(11-13)19(20-5)12-18-15(3)9-14(2)10-16(18)4/h6-11,19-20H,12H2,1-5H3. The van der Waals surface area contributed by atoms with Gasteiger partial charge in [0.15, 0.2) is 0 Å². The van der Waals surface area contributed by atoms with Crippen LogP contribution in [0, 0.1) is 27.7 Å². The highest BCUT2D eigenvalue weighted by molar-refractivity contribution is 5.39. The van der Waals surface area contributed by atoms with Crippen molar-refractivity contribution >= 4 is 0 Å². The molecular formula is C19H25N. The van der Waals surface area contributed by atoms with Crippen molar-refractivity contribution in [2.75, 3.05) is 7.05 Å². The molecule has 2 aromatic rings. The predicted octanol–water partition coefficient (Wildman–Crippen LogP) is 4.42. The van der Waals surface area contributed by atoms with Gasteiger partial charge in [-0.3, -0.25) is 0 Å². The maximum Gasteiger partial charge on any atom is 0.0358 e. The van der Waals surface area contributed by atoms with Gasteiger partial charge in [-0.05, 0) is 63.4 Å². The maximum absolute atomic E-state index is 3.46. The molecule has 2 rings (SSSR count). The smallest absolute Gasteiger partial charge is 0.0358 e. The number of aryl methyl sites for hydroxylation is 4. The van der Waals surface area contributed by atoms with Crippen LogP contribution >= 0.6 is 0 Å². The van der Waals surface area contributed by atoms with Gasteiger partial charge in [0, 0.05) is 6.04 Å². The topological polar surface area (TPSA) is 12.0 Å². The molecule has 0 fully saturated rings. The molecular weight excluding hydrogens is 242 g/mol. The van der Waals surface area contributed by atoms with Gasteiger partial charge in [-0.25, -0.2) is 0 Å². The summed E-state index contributed by atoms with van der Waals surface area (Å²) in [4.78, 5) is 0. The third kappa shape index (κ3) is 3.29. The van der Waals surface area contributed by atoms with Crippen molar-refractivity contribution in [2.45, 2.75) is 40.2 Å². The Morgan fingerprint density at radius 3 is 2.10 bits per heavy atom. The fraction of sp³-hybridized carbons (Fsp3) is 0.368. The molecule has 0 saturated heterocycles. The summed E-state index contributed by atoms with van der Waals surface area (Å²) in [6, 6.07) is 13.7. The van der Waals surface area contributed by atoms with Crippen molar-refractivity contribution in [2.24, 2.45) is 0 Å². The van der Waals surface area contributed by atoms with E-state index < -0.39 is 0 Å². The normalized spacial score (nSPS) is 12.4. The summed E-state index contributed by atoms with van der Waals surface area (Å²) in [5.74, 6) is 0. The number of hydrogen-bond acceptors (Lipinski definition) is 1. The first-order valence-electron chi connectivity index (χ1n) is 7.32. The fourth-order valence-electron chi connectivity index (χ4n) is 3.01. The van der Waals surface area contributed by atoms with Crippen LogP contribution in [0.25, 0.3) is 0 Å². The van der Waals surface area contributed by atoms with Crippen molar-refractivity contribution in [3.8, 4) is 0 Å². The summed E-state index contributed by atoms with van der Waals surface area (Å²) in [5, 5.41) is 3.46. The molecule has 1 unspecified atom stereocenters. The molecule has 0 heterocycles. The van der Waals surface area contributed by atoms with Crippen molar-refractivity contribution < 1.29 is 0 Å². The van der Waals surface area contributed by atoms with E-state index in [9.17, 15) is 0 Å². The minimum Gasteiger partial charge on any atom is -0.313 e. The highest BCUT2D eigenvalue weighted by atomic mass is 14.9. The lowest BCUT2D eigenvalue weighted by atomic mass is 9.91. The first kappa shape index (κ1) is 14.8. The molecule has 0 aliphatic rings. The minimum atomic E-state index is 0.370. The lowest BCUT2D eigenvalue weighted by Crippen LogP contribution is -2.20. The lowest BCUT2D eigenvalue weighted by Gasteiger charge is -2.20. The van der Waals surface area contributed by atoms with E-state index in [0.29, 0.717) is 6.04 Å². The molecule has 0 aliphatic heterocycles. The van der Waals surface area contributed by atoms with E-state index in [4.69, 9.17) is 0 Å². The number of hydrogen-bond donors (Lipinski definition) is 1. The lowest BCUT2D eigenvalue weighted by molar-refractivity contribution is 0.588. The molecule has 106 valence electrons. The Hall–Kier alpha value is -1.60. The largest absolute Gasteiger partial charge is 0.313 e. The number of rotatable bonds is 4. The Morgan fingerprint density at radius 1 is 0.900 bits per heavy atom. The third-order valence-corrected chi connectivity index (χ3v) is 4.04. The first-order chi connectivity index (χ1) is 9.51. The molecule has 1 heteroatoms. The van der Waals surface area contributed by atoms with Crippen molar-refractivity contribution in [3.05, 3.63) is 69.8 Å². The van der Waals surface area contributed by atoms with E-state index in [-0.39, 0.29) is 0 Å². The van der Waals surface area contributed by atoms with E-state index >= 15 is 0 Å². The van der Waals surface area contributed by atoms with E-state index in [2.05, 4.69) is 69.4 Å². The van der Waals surface area contributed by atoms with Crippen LogP contribution in [0.1, 0.15) is 39.4 Å². The maximum atomic E-state index is 3.46. The van der Waals surface area contributed by atoms with Gasteiger partial charge in [0.1, 0.15) is 0 Å². The van der Waals surface area contributed by atoms with Gasteiger partial charge in [-0.1, -0.05) is 47.5 Å². The molecule has 2 aromatic carbocycles. The van der Waals surface area contributed by atoms with Crippen LogP contribution in [0.3, 0.4) is 0 Å². The number of likely N-dealkylation sites (N-methyl/N-ethyl adjacent to an activating group) is 1. The average molecular weight is 267 g/mol. The SMILES string of the molecule is CNC(Cc1c(C)cc(C)cc1C)c1cccc(C)c1. The zero-order valence-corrected chi connectivity index (χ0v) is 13.2. The summed E-state index contributed by atoms with van der Waals surface area (Å²) in [6.07, 6.45) is 1.04. The Kier molecular flexibility index (Phi) is 4.61. The molecule has 0 bridgehead atoms. The predicted molar refractivity (Wildman–Crippen MR) is 87.3 cm³/mol. The first-order valence-corrected chi connectivity index (χ1v) is 7.32. The van der Waals surface area contributed by atoms with E-state index in [1.54, 1.807) is 0 Å². The van der Waals surface area contributed by atoms with Gasteiger partial charge in [0.2, 0.25) is 0 Å². The summed E-state index contributed by atoms with van der Waals surface area (Å²) >= 11 is 0. The van der Waals surface area contributed by atoms with Gasteiger partial charge >= 0.3 is 0 Å². The van der Waals surface area contributed by atoms with E-state index in [1.807, 2.05) is 7.05 Å². The second-order valence-corrected chi connectivity index (χ2v) is 5.84. The molecule has 1 nitrogen and oxygen atoms in total. The van der Waals surface area contributed by atoms with E-state index in [0.717, 1.165) is 6.42 Å². The molecule has 0 saturated carbocycles. The van der Waals surface area contributed by atoms with Gasteiger partial charge in [0.25, 0.3) is 0 Å². The second kappa shape index (κ2) is 6.23. The quantitative estimate of drug-likeness (QED) is 0.864. The highest BCUT2D eigenvalue weighted by Crippen LogP contribution is 2.24. The average Bonchev–Trinajstić information content (AvgIpc) is 2.38. The summed E-state index contributed by atoms with van der Waals surface area (Å²) < 4.78 is 0. The molecule has 1 atom stereocenters. The van der Waals surface area contributed by atoms with Crippen LogP contribution in [0.4, 0.5) is 0 Å². The van der Waals surface area contributed by atoms with Crippen LogP contribution in [-0.2, 0) is 6.42 Å². The zero-order valence-electron chi connectivity index (χ0n) is 13.2. The monoisotopic (exact) mass is 267 g/mol. The highest BCUT2D eigenvalue weighted by Gasteiger charge is 2.13. The van der Waals surface area contributed by atoms with Crippen LogP contribution in [0.2, 0.25) is 0 Å². The molecule has 0 spiro atoms. The van der Waals surface area contributed by atoms with Crippen molar-refractivity contribution in [3.63, 3.8) is 0 Å². The Morgan fingerprint density at radius 2 is 1.55 bits per heavy atom. The summed E-state index contributed by atoms with van der Waals surface area (Å²) in [5.41, 5.74) is 8.30. The third-order valence-electron chi connectivity index (χ3n) is 4.04. The van der Waals surface area contributed by atoms with Crippen LogP contribution in [-0.4, -0.2) is 7.05 Å². The molecule has 0 radical (unpaired) electrons. The summed E-state index contributed by atoms with van der Waals surface area (Å²) in [6.45, 7) is 8.76. The molecule has 20 heavy (non-hydrogen) atoms. The summed E-state index contributed by atoms with van der Waals surface area (Å²) in [7, 11) is 2.05. The number of benzene rings is 2. The molecule has 0 aromatic heterocycles. The fourth-order valence-corrected chi connectivity index (χ4v) is 3.01. The van der Waals surface area contributed by atoms with Gasteiger partial charge in [0.05, 0.1) is 0 Å². The van der Waals surface area contributed by atoms with Gasteiger partial charge in [-0.2, -0.15) is 0 Å². The van der Waals surface area contributed by atoms with Crippen LogP contribution < -0.4 is 5.32 Å². The molecule has 0 amide bonds. The van der Waals surface area contributed by atoms with Crippen molar-refractivity contribution in [1.29, 1.82) is 0 Å². The zero-order chi connectivity index (χ0) is 14.7. The Balaban J connectivity index is 2.32. The Bertz CT molecular complexity index is 575. The van der Waals surface area contributed by atoms with Crippen molar-refractivity contribution in [1.82, 2.24) is 5.32 Å². The van der Waals surface area contributed by atoms with Crippen LogP contribution in [0.15, 0.2) is 36.4 Å². The molecule has 1 N–H and O–H groups in total. The molecule has 0 aliphatic carbocycles. The van der Waals surface area contributed by atoms with Gasteiger partial charge in [-0.15, -0.1) is 0 Å². The van der Waals surface area contributed by atoms with Crippen LogP contribution in [0.5, 0.6) is 0 Å². The minimum absolute atomic E-state index is 0.370.